The highest BCUT2D eigenvalue weighted by molar-refractivity contribution is 5.68. The third kappa shape index (κ3) is 2.02. The lowest BCUT2D eigenvalue weighted by Gasteiger charge is -2.06. The Hall–Kier alpha value is -2.81. The van der Waals surface area contributed by atoms with Crippen molar-refractivity contribution in [3.8, 4) is 28.9 Å². The fraction of sp³-hybridized carbons (Fsp3) is 0.154. The molecule has 19 heavy (non-hydrogen) atoms. The van der Waals surface area contributed by atoms with Crippen LogP contribution in [0.3, 0.4) is 0 Å². The first-order valence-corrected chi connectivity index (χ1v) is 5.67. The van der Waals surface area contributed by atoms with E-state index < -0.39 is 0 Å². The lowest BCUT2D eigenvalue weighted by molar-refractivity contribution is 0.174. The number of aromatic nitrogens is 2. The monoisotopic (exact) mass is 254 g/mol. The molecule has 6 nitrogen and oxygen atoms in total. The Balaban J connectivity index is 2.00. The Morgan fingerprint density at radius 2 is 2.00 bits per heavy atom. The molecule has 1 aromatic heterocycles. The SMILES string of the molecule is Cc1cc2c(cc1-c1ccc(NC#N)nn1)OCO2. The van der Waals surface area contributed by atoms with E-state index in [-0.39, 0.29) is 6.79 Å². The molecular formula is C13H10N4O2. The summed E-state index contributed by atoms with van der Waals surface area (Å²) in [6.45, 7) is 2.22. The highest BCUT2D eigenvalue weighted by atomic mass is 16.7. The van der Waals surface area contributed by atoms with E-state index in [4.69, 9.17) is 14.7 Å². The van der Waals surface area contributed by atoms with Gasteiger partial charge in [-0.2, -0.15) is 5.26 Å². The highest BCUT2D eigenvalue weighted by Crippen LogP contribution is 2.37. The van der Waals surface area contributed by atoms with E-state index in [1.54, 1.807) is 18.3 Å². The van der Waals surface area contributed by atoms with Crippen molar-refractivity contribution in [3.05, 3.63) is 29.8 Å². The maximum absolute atomic E-state index is 8.50. The van der Waals surface area contributed by atoms with E-state index in [2.05, 4.69) is 15.5 Å². The summed E-state index contributed by atoms with van der Waals surface area (Å²) in [5, 5.41) is 18.9. The van der Waals surface area contributed by atoms with Gasteiger partial charge >= 0.3 is 0 Å². The van der Waals surface area contributed by atoms with Crippen LogP contribution in [0.15, 0.2) is 24.3 Å². The molecule has 1 aliphatic heterocycles. The number of aryl methyl sites for hydroxylation is 1. The van der Waals surface area contributed by atoms with Gasteiger partial charge in [0.2, 0.25) is 6.79 Å². The first kappa shape index (κ1) is 11.3. The number of hydrogen-bond acceptors (Lipinski definition) is 6. The van der Waals surface area contributed by atoms with Crippen LogP contribution >= 0.6 is 0 Å². The standard InChI is InChI=1S/C13H10N4O2/c1-8-4-11-12(19-7-18-11)5-9(8)10-2-3-13(15-6-14)17-16-10/h2-5H,7H2,1H3,(H,15,17). The Morgan fingerprint density at radius 1 is 1.21 bits per heavy atom. The number of anilines is 1. The minimum Gasteiger partial charge on any atom is -0.454 e. The normalized spacial score (nSPS) is 12.0. The van der Waals surface area contributed by atoms with Crippen molar-refractivity contribution in [2.24, 2.45) is 0 Å². The van der Waals surface area contributed by atoms with Crippen LogP contribution in [-0.2, 0) is 0 Å². The van der Waals surface area contributed by atoms with Crippen LogP contribution in [0.2, 0.25) is 0 Å². The van der Waals surface area contributed by atoms with Crippen LogP contribution < -0.4 is 14.8 Å². The molecule has 0 unspecified atom stereocenters. The van der Waals surface area contributed by atoms with Crippen molar-refractivity contribution in [2.45, 2.75) is 6.92 Å². The van der Waals surface area contributed by atoms with Gasteiger partial charge in [-0.15, -0.1) is 10.2 Å². The van der Waals surface area contributed by atoms with Gasteiger partial charge in [-0.05, 0) is 36.8 Å². The van der Waals surface area contributed by atoms with Gasteiger partial charge in [-0.1, -0.05) is 0 Å². The van der Waals surface area contributed by atoms with Gasteiger partial charge in [0.05, 0.1) is 5.69 Å². The van der Waals surface area contributed by atoms with E-state index in [0.29, 0.717) is 11.6 Å². The third-order valence-electron chi connectivity index (χ3n) is 2.84. The first-order valence-electron chi connectivity index (χ1n) is 5.67. The molecule has 3 rings (SSSR count). The van der Waals surface area contributed by atoms with Crippen molar-refractivity contribution in [3.63, 3.8) is 0 Å². The van der Waals surface area contributed by atoms with Gasteiger partial charge in [0.25, 0.3) is 0 Å². The number of fused-ring (bicyclic) bond motifs is 1. The highest BCUT2D eigenvalue weighted by Gasteiger charge is 2.17. The molecular weight excluding hydrogens is 244 g/mol. The van der Waals surface area contributed by atoms with Crippen LogP contribution in [-0.4, -0.2) is 17.0 Å². The fourth-order valence-corrected chi connectivity index (χ4v) is 1.92. The van der Waals surface area contributed by atoms with Gasteiger partial charge in [0.1, 0.15) is 0 Å². The second kappa shape index (κ2) is 4.46. The summed E-state index contributed by atoms with van der Waals surface area (Å²) < 4.78 is 10.7. The molecule has 0 bridgehead atoms. The molecule has 2 heterocycles. The Kier molecular flexibility index (Phi) is 2.65. The number of benzene rings is 1. The minimum atomic E-state index is 0.245. The van der Waals surface area contributed by atoms with Gasteiger partial charge in [0, 0.05) is 5.56 Å². The summed E-state index contributed by atoms with van der Waals surface area (Å²) in [6, 6.07) is 7.31. The average Bonchev–Trinajstić information content (AvgIpc) is 2.86. The second-order valence-corrected chi connectivity index (χ2v) is 4.06. The number of nitrogens with zero attached hydrogens (tertiary/aromatic N) is 3. The Labute approximate surface area is 109 Å². The third-order valence-corrected chi connectivity index (χ3v) is 2.84. The smallest absolute Gasteiger partial charge is 0.231 e. The molecule has 0 saturated carbocycles. The molecule has 6 heteroatoms. The predicted molar refractivity (Wildman–Crippen MR) is 67.6 cm³/mol. The van der Waals surface area contributed by atoms with Gasteiger partial charge in [0.15, 0.2) is 23.5 Å². The zero-order valence-corrected chi connectivity index (χ0v) is 10.2. The van der Waals surface area contributed by atoms with Crippen LogP contribution in [0.4, 0.5) is 5.82 Å². The van der Waals surface area contributed by atoms with Crippen molar-refractivity contribution < 1.29 is 9.47 Å². The van der Waals surface area contributed by atoms with Crippen molar-refractivity contribution in [1.29, 1.82) is 5.26 Å². The predicted octanol–water partition coefficient (Wildman–Crippen LogP) is 2.07. The van der Waals surface area contributed by atoms with E-state index >= 15 is 0 Å². The van der Waals surface area contributed by atoms with E-state index in [1.165, 1.54) is 0 Å². The van der Waals surface area contributed by atoms with Crippen LogP contribution in [0, 0.1) is 18.4 Å². The summed E-state index contributed by atoms with van der Waals surface area (Å²) in [6.07, 6.45) is 1.80. The lowest BCUT2D eigenvalue weighted by Crippen LogP contribution is -1.96. The number of nitriles is 1. The molecule has 0 atom stereocenters. The fourth-order valence-electron chi connectivity index (χ4n) is 1.92. The zero-order valence-electron chi connectivity index (χ0n) is 10.2. The summed E-state index contributed by atoms with van der Waals surface area (Å²) >= 11 is 0. The Morgan fingerprint density at radius 3 is 2.68 bits per heavy atom. The molecule has 0 aliphatic carbocycles. The molecule has 94 valence electrons. The second-order valence-electron chi connectivity index (χ2n) is 4.06. The van der Waals surface area contributed by atoms with Crippen molar-refractivity contribution in [1.82, 2.24) is 10.2 Å². The maximum atomic E-state index is 8.50. The maximum Gasteiger partial charge on any atom is 0.231 e. The molecule has 1 aliphatic rings. The number of nitrogens with one attached hydrogen (secondary N) is 1. The largest absolute Gasteiger partial charge is 0.454 e. The van der Waals surface area contributed by atoms with Crippen molar-refractivity contribution >= 4 is 5.82 Å². The van der Waals surface area contributed by atoms with Gasteiger partial charge in [-0.25, -0.2) is 0 Å². The number of ether oxygens (including phenoxy) is 2. The van der Waals surface area contributed by atoms with Gasteiger partial charge in [-0.3, -0.25) is 5.32 Å². The summed E-state index contributed by atoms with van der Waals surface area (Å²) in [5.41, 5.74) is 2.68. The molecule has 2 aromatic rings. The van der Waals surface area contributed by atoms with E-state index in [0.717, 1.165) is 22.6 Å². The van der Waals surface area contributed by atoms with Crippen LogP contribution in [0.1, 0.15) is 5.56 Å². The first-order chi connectivity index (χ1) is 9.28. The Bertz CT molecular complexity index is 662. The topological polar surface area (TPSA) is 80.1 Å². The van der Waals surface area contributed by atoms with E-state index in [9.17, 15) is 0 Å². The minimum absolute atomic E-state index is 0.245. The summed E-state index contributed by atoms with van der Waals surface area (Å²) in [7, 11) is 0. The molecule has 1 aromatic carbocycles. The summed E-state index contributed by atoms with van der Waals surface area (Å²) in [5.74, 6) is 1.88. The molecule has 0 saturated heterocycles. The van der Waals surface area contributed by atoms with Gasteiger partial charge < -0.3 is 9.47 Å². The molecule has 0 spiro atoms. The van der Waals surface area contributed by atoms with Crippen LogP contribution in [0.25, 0.3) is 11.3 Å². The quantitative estimate of drug-likeness (QED) is 0.652. The van der Waals surface area contributed by atoms with E-state index in [1.807, 2.05) is 19.1 Å². The average molecular weight is 254 g/mol. The number of rotatable bonds is 2. The van der Waals surface area contributed by atoms with Crippen LogP contribution in [0.5, 0.6) is 11.5 Å². The number of hydrogen-bond donors (Lipinski definition) is 1. The summed E-state index contributed by atoms with van der Waals surface area (Å²) in [4.78, 5) is 0. The molecule has 0 fully saturated rings. The lowest BCUT2D eigenvalue weighted by atomic mass is 10.0. The van der Waals surface area contributed by atoms with Crippen molar-refractivity contribution in [2.75, 3.05) is 12.1 Å². The molecule has 0 radical (unpaired) electrons. The zero-order chi connectivity index (χ0) is 13.2. The molecule has 0 amide bonds. The molecule has 1 N–H and O–H groups in total.